The van der Waals surface area contributed by atoms with Gasteiger partial charge in [0.1, 0.15) is 11.5 Å². The van der Waals surface area contributed by atoms with Crippen LogP contribution in [0.5, 0.6) is 0 Å². The van der Waals surface area contributed by atoms with Crippen molar-refractivity contribution in [2.75, 3.05) is 12.8 Å². The van der Waals surface area contributed by atoms with E-state index in [0.717, 1.165) is 7.05 Å². The molecular weight excluding hydrogens is 449 g/mol. The molecular formula is C12H8Cl2F6N4O2S. The number of sulfonamides is 1. The SMILES string of the molecule is CNS(=O)(=O)c1c(C(F)(F)F)nn(-c2c(Cl)cc(C(F)(F)F)cc2Cl)c1N. The molecule has 0 aliphatic carbocycles. The Labute approximate surface area is 157 Å². The molecule has 0 saturated carbocycles. The molecule has 0 radical (unpaired) electrons. The number of nitrogens with one attached hydrogen (secondary N) is 1. The van der Waals surface area contributed by atoms with Crippen molar-refractivity contribution in [3.63, 3.8) is 0 Å². The third-order valence-corrected chi connectivity index (χ3v) is 5.29. The van der Waals surface area contributed by atoms with E-state index in [2.05, 4.69) is 5.10 Å². The zero-order valence-corrected chi connectivity index (χ0v) is 15.2. The van der Waals surface area contributed by atoms with Crippen molar-refractivity contribution in [2.45, 2.75) is 17.2 Å². The van der Waals surface area contributed by atoms with Crippen LogP contribution in [0.4, 0.5) is 32.2 Å². The quantitative estimate of drug-likeness (QED) is 0.688. The van der Waals surface area contributed by atoms with Gasteiger partial charge >= 0.3 is 12.4 Å². The van der Waals surface area contributed by atoms with E-state index >= 15 is 0 Å². The normalized spacial score (nSPS) is 13.2. The van der Waals surface area contributed by atoms with Crippen LogP contribution in [0.3, 0.4) is 0 Å². The van der Waals surface area contributed by atoms with Crippen molar-refractivity contribution >= 4 is 39.0 Å². The smallest absolute Gasteiger partial charge is 0.382 e. The Morgan fingerprint density at radius 1 is 1.07 bits per heavy atom. The van der Waals surface area contributed by atoms with Gasteiger partial charge in [0, 0.05) is 0 Å². The number of hydrogen-bond acceptors (Lipinski definition) is 4. The highest BCUT2D eigenvalue weighted by atomic mass is 35.5. The molecule has 0 unspecified atom stereocenters. The maximum absolute atomic E-state index is 13.2. The molecule has 2 aromatic rings. The van der Waals surface area contributed by atoms with Crippen LogP contribution in [-0.4, -0.2) is 25.2 Å². The first kappa shape index (κ1) is 21.6. The third kappa shape index (κ3) is 3.95. The van der Waals surface area contributed by atoms with Gasteiger partial charge in [-0.1, -0.05) is 23.2 Å². The van der Waals surface area contributed by atoms with Crippen molar-refractivity contribution < 1.29 is 34.8 Å². The lowest BCUT2D eigenvalue weighted by molar-refractivity contribution is -0.143. The highest BCUT2D eigenvalue weighted by molar-refractivity contribution is 7.89. The summed E-state index contributed by atoms with van der Waals surface area (Å²) in [4.78, 5) is -1.41. The Hall–Kier alpha value is -1.70. The standard InChI is InChI=1S/C12H8Cl2F6N4O2S/c1-22-27(25,26)8-9(12(18,19)20)23-24(10(8)21)7-5(13)2-4(3-6(7)14)11(15,16)17/h2-3,22H,21H2,1H3. The predicted molar refractivity (Wildman–Crippen MR) is 84.2 cm³/mol. The van der Waals surface area contributed by atoms with Gasteiger partial charge in [-0.15, -0.1) is 0 Å². The largest absolute Gasteiger partial charge is 0.436 e. The Bertz CT molecular complexity index is 978. The van der Waals surface area contributed by atoms with Crippen LogP contribution < -0.4 is 10.5 Å². The summed E-state index contributed by atoms with van der Waals surface area (Å²) in [5.74, 6) is -1.04. The van der Waals surface area contributed by atoms with Crippen LogP contribution in [0.2, 0.25) is 10.0 Å². The second-order valence-corrected chi connectivity index (χ2v) is 7.60. The molecule has 27 heavy (non-hydrogen) atoms. The summed E-state index contributed by atoms with van der Waals surface area (Å²) < 4.78 is 104. The van der Waals surface area contributed by atoms with Gasteiger partial charge in [-0.25, -0.2) is 17.8 Å². The average molecular weight is 457 g/mol. The molecule has 150 valence electrons. The van der Waals surface area contributed by atoms with Gasteiger partial charge in [0.15, 0.2) is 10.6 Å². The Kier molecular flexibility index (Phi) is 5.38. The molecule has 6 nitrogen and oxygen atoms in total. The van der Waals surface area contributed by atoms with Crippen LogP contribution in [0.25, 0.3) is 5.69 Å². The molecule has 3 N–H and O–H groups in total. The molecule has 2 rings (SSSR count). The van der Waals surface area contributed by atoms with E-state index in [1.165, 1.54) is 0 Å². The fourth-order valence-corrected chi connectivity index (χ4v) is 3.70. The van der Waals surface area contributed by atoms with Gasteiger partial charge in [-0.3, -0.25) is 0 Å². The van der Waals surface area contributed by atoms with Crippen LogP contribution in [0, 0.1) is 0 Å². The first-order valence-corrected chi connectivity index (χ1v) is 8.81. The number of rotatable bonds is 3. The third-order valence-electron chi connectivity index (χ3n) is 3.24. The maximum Gasteiger partial charge on any atom is 0.436 e. The summed E-state index contributed by atoms with van der Waals surface area (Å²) >= 11 is 11.4. The Balaban J connectivity index is 2.86. The van der Waals surface area contributed by atoms with E-state index in [0.29, 0.717) is 12.1 Å². The number of hydrogen-bond donors (Lipinski definition) is 2. The Morgan fingerprint density at radius 2 is 1.56 bits per heavy atom. The first-order chi connectivity index (χ1) is 12.1. The molecule has 0 atom stereocenters. The monoisotopic (exact) mass is 456 g/mol. The molecule has 0 aliphatic heterocycles. The van der Waals surface area contributed by atoms with E-state index in [-0.39, 0.29) is 4.68 Å². The molecule has 0 fully saturated rings. The number of nitrogens with zero attached hydrogens (tertiary/aromatic N) is 2. The second kappa shape index (κ2) is 6.72. The summed E-state index contributed by atoms with van der Waals surface area (Å²) in [5, 5.41) is 1.59. The van der Waals surface area contributed by atoms with Gasteiger partial charge in [0.05, 0.1) is 15.6 Å². The van der Waals surface area contributed by atoms with Crippen molar-refractivity contribution in [3.8, 4) is 5.69 Å². The Morgan fingerprint density at radius 3 is 1.93 bits per heavy atom. The second-order valence-electron chi connectivity index (χ2n) is 4.97. The van der Waals surface area contributed by atoms with Gasteiger partial charge < -0.3 is 5.73 Å². The minimum Gasteiger partial charge on any atom is -0.382 e. The van der Waals surface area contributed by atoms with Crippen LogP contribution >= 0.6 is 23.2 Å². The summed E-state index contributed by atoms with van der Waals surface area (Å²) in [5.41, 5.74) is 1.69. The minimum atomic E-state index is -5.25. The number of nitrogens with two attached hydrogens (primary N) is 1. The summed E-state index contributed by atoms with van der Waals surface area (Å²) in [6, 6.07) is 0.785. The van der Waals surface area contributed by atoms with E-state index in [1.54, 1.807) is 4.72 Å². The summed E-state index contributed by atoms with van der Waals surface area (Å²) in [6.45, 7) is 0. The highest BCUT2D eigenvalue weighted by Gasteiger charge is 2.44. The lowest BCUT2D eigenvalue weighted by Crippen LogP contribution is -2.23. The fourth-order valence-electron chi connectivity index (χ4n) is 2.07. The van der Waals surface area contributed by atoms with Gasteiger partial charge in [0.25, 0.3) is 0 Å². The summed E-state index contributed by atoms with van der Waals surface area (Å²) in [7, 11) is -3.89. The molecule has 0 amide bonds. The van der Waals surface area contributed by atoms with Crippen LogP contribution in [0.15, 0.2) is 17.0 Å². The van der Waals surface area contributed by atoms with Gasteiger partial charge in [-0.2, -0.15) is 31.4 Å². The lowest BCUT2D eigenvalue weighted by atomic mass is 10.2. The zero-order valence-electron chi connectivity index (χ0n) is 12.9. The molecule has 1 heterocycles. The van der Waals surface area contributed by atoms with Gasteiger partial charge in [0.2, 0.25) is 10.0 Å². The number of halogens is 8. The lowest BCUT2D eigenvalue weighted by Gasteiger charge is -2.13. The average Bonchev–Trinajstić information content (AvgIpc) is 2.84. The van der Waals surface area contributed by atoms with E-state index in [1.807, 2.05) is 0 Å². The first-order valence-electron chi connectivity index (χ1n) is 6.57. The van der Waals surface area contributed by atoms with Gasteiger partial charge in [-0.05, 0) is 19.2 Å². The van der Waals surface area contributed by atoms with Crippen molar-refractivity contribution in [1.82, 2.24) is 14.5 Å². The molecule has 0 aliphatic rings. The summed E-state index contributed by atoms with van der Waals surface area (Å²) in [6.07, 6.45) is -10.1. The molecule has 0 saturated heterocycles. The van der Waals surface area contributed by atoms with Crippen LogP contribution in [-0.2, 0) is 22.4 Å². The number of aromatic nitrogens is 2. The topological polar surface area (TPSA) is 90.0 Å². The maximum atomic E-state index is 13.2. The number of alkyl halides is 6. The van der Waals surface area contributed by atoms with E-state index < -0.39 is 60.1 Å². The van der Waals surface area contributed by atoms with Crippen molar-refractivity contribution in [1.29, 1.82) is 0 Å². The molecule has 0 bridgehead atoms. The van der Waals surface area contributed by atoms with E-state index in [9.17, 15) is 34.8 Å². The van der Waals surface area contributed by atoms with E-state index in [4.69, 9.17) is 28.9 Å². The molecule has 1 aromatic heterocycles. The number of nitrogen functional groups attached to an aromatic ring is 1. The number of benzene rings is 1. The molecule has 0 spiro atoms. The van der Waals surface area contributed by atoms with Crippen LogP contribution in [0.1, 0.15) is 11.3 Å². The molecule has 15 heteroatoms. The zero-order chi connectivity index (χ0) is 20.9. The number of anilines is 1. The predicted octanol–water partition coefficient (Wildman–Crippen LogP) is 3.71. The highest BCUT2D eigenvalue weighted by Crippen LogP contribution is 2.41. The fraction of sp³-hybridized carbons (Fsp3) is 0.250. The van der Waals surface area contributed by atoms with Crippen molar-refractivity contribution in [2.24, 2.45) is 0 Å². The minimum absolute atomic E-state index is 0.220. The van der Waals surface area contributed by atoms with Crippen molar-refractivity contribution in [3.05, 3.63) is 33.4 Å². The molecule has 1 aromatic carbocycles.